The summed E-state index contributed by atoms with van der Waals surface area (Å²) in [6.45, 7) is 2.86. The monoisotopic (exact) mass is 540 g/mol. The SMILES string of the molecule is O=C(C[C@@H]1CC[C@@H]([C@@H]2CCCN2c2cn[nH]c(=O)c2C(F)(F)F)O1)N1CCN(c2ccc(Cl)cn2)CC1. The van der Waals surface area contributed by atoms with E-state index < -0.39 is 17.3 Å². The van der Waals surface area contributed by atoms with Crippen LogP contribution in [0, 0.1) is 0 Å². The maximum Gasteiger partial charge on any atom is 0.423 e. The molecule has 3 aliphatic heterocycles. The molecule has 1 amide bonds. The molecule has 3 aliphatic rings. The van der Waals surface area contributed by atoms with Gasteiger partial charge in [0.05, 0.1) is 41.6 Å². The first-order chi connectivity index (χ1) is 17.7. The van der Waals surface area contributed by atoms with Crippen molar-refractivity contribution < 1.29 is 22.7 Å². The van der Waals surface area contributed by atoms with Gasteiger partial charge in [-0.1, -0.05) is 11.6 Å². The van der Waals surface area contributed by atoms with Crippen LogP contribution in [0.25, 0.3) is 0 Å². The predicted octanol–water partition coefficient (Wildman–Crippen LogP) is 3.09. The largest absolute Gasteiger partial charge is 0.423 e. The molecule has 200 valence electrons. The maximum absolute atomic E-state index is 13.6. The Balaban J connectivity index is 1.17. The number of halogens is 4. The zero-order chi connectivity index (χ0) is 26.2. The average Bonchev–Trinajstić information content (AvgIpc) is 3.53. The Bertz CT molecular complexity index is 1170. The molecular formula is C24H28ClF3N6O3. The van der Waals surface area contributed by atoms with Crippen LogP contribution in [0.1, 0.15) is 37.7 Å². The Morgan fingerprint density at radius 1 is 1.11 bits per heavy atom. The number of pyridine rings is 1. The zero-order valence-electron chi connectivity index (χ0n) is 20.1. The minimum absolute atomic E-state index is 0.00999. The number of alkyl halides is 3. The van der Waals surface area contributed by atoms with Crippen molar-refractivity contribution in [1.29, 1.82) is 0 Å². The molecule has 13 heteroatoms. The molecule has 0 aliphatic carbocycles. The molecule has 3 fully saturated rings. The van der Waals surface area contributed by atoms with Crippen LogP contribution < -0.4 is 15.4 Å². The van der Waals surface area contributed by atoms with Crippen LogP contribution in [0.5, 0.6) is 0 Å². The van der Waals surface area contributed by atoms with E-state index in [1.807, 2.05) is 16.1 Å². The van der Waals surface area contributed by atoms with Crippen LogP contribution >= 0.6 is 11.6 Å². The van der Waals surface area contributed by atoms with Crippen molar-refractivity contribution in [2.75, 3.05) is 42.5 Å². The first kappa shape index (κ1) is 25.8. The Morgan fingerprint density at radius 2 is 1.89 bits per heavy atom. The van der Waals surface area contributed by atoms with Crippen LogP contribution in [0.3, 0.4) is 0 Å². The highest BCUT2D eigenvalue weighted by atomic mass is 35.5. The molecule has 0 spiro atoms. The quantitative estimate of drug-likeness (QED) is 0.623. The van der Waals surface area contributed by atoms with Gasteiger partial charge in [-0.2, -0.15) is 18.3 Å². The first-order valence-electron chi connectivity index (χ1n) is 12.4. The van der Waals surface area contributed by atoms with Gasteiger partial charge in [-0.05, 0) is 37.8 Å². The summed E-state index contributed by atoms with van der Waals surface area (Å²) in [4.78, 5) is 34.8. The normalized spacial score (nSPS) is 24.6. The number of ether oxygens (including phenoxy) is 1. The number of H-pyrrole nitrogens is 1. The van der Waals surface area contributed by atoms with Gasteiger partial charge in [0.25, 0.3) is 5.56 Å². The molecule has 37 heavy (non-hydrogen) atoms. The molecule has 5 heterocycles. The summed E-state index contributed by atoms with van der Waals surface area (Å²) in [5, 5.41) is 6.08. The van der Waals surface area contributed by atoms with E-state index in [1.165, 1.54) is 0 Å². The number of carbonyl (C=O) groups excluding carboxylic acids is 1. The van der Waals surface area contributed by atoms with Crippen molar-refractivity contribution in [2.24, 2.45) is 0 Å². The summed E-state index contributed by atoms with van der Waals surface area (Å²) in [6.07, 6.45) is 0.162. The number of hydrogen-bond acceptors (Lipinski definition) is 7. The fourth-order valence-electron chi connectivity index (χ4n) is 5.59. The minimum Gasteiger partial charge on any atom is -0.372 e. The van der Waals surface area contributed by atoms with Gasteiger partial charge < -0.3 is 19.4 Å². The first-order valence-corrected chi connectivity index (χ1v) is 12.8. The smallest absolute Gasteiger partial charge is 0.372 e. The molecule has 0 radical (unpaired) electrons. The summed E-state index contributed by atoms with van der Waals surface area (Å²) >= 11 is 5.91. The van der Waals surface area contributed by atoms with Gasteiger partial charge in [0.2, 0.25) is 5.91 Å². The van der Waals surface area contributed by atoms with Crippen LogP contribution in [0.15, 0.2) is 29.3 Å². The highest BCUT2D eigenvalue weighted by molar-refractivity contribution is 6.30. The van der Waals surface area contributed by atoms with Crippen LogP contribution in [-0.4, -0.2) is 77.0 Å². The lowest BCUT2D eigenvalue weighted by Gasteiger charge is -2.36. The van der Waals surface area contributed by atoms with Crippen molar-refractivity contribution >= 4 is 29.0 Å². The molecule has 1 N–H and O–H groups in total. The topological polar surface area (TPSA) is 94.7 Å². The van der Waals surface area contributed by atoms with Crippen molar-refractivity contribution in [3.63, 3.8) is 0 Å². The molecule has 0 aromatic carbocycles. The minimum atomic E-state index is -4.79. The van der Waals surface area contributed by atoms with E-state index >= 15 is 0 Å². The molecule has 0 saturated carbocycles. The second-order valence-electron chi connectivity index (χ2n) is 9.64. The lowest BCUT2D eigenvalue weighted by atomic mass is 10.0. The van der Waals surface area contributed by atoms with Crippen LogP contribution in [-0.2, 0) is 15.7 Å². The van der Waals surface area contributed by atoms with E-state index in [0.29, 0.717) is 63.4 Å². The summed E-state index contributed by atoms with van der Waals surface area (Å²) in [5.74, 6) is 0.833. The highest BCUT2D eigenvalue weighted by Gasteiger charge is 2.44. The standard InChI is InChI=1S/C24H28ClF3N6O3/c25-15-3-6-20(29-13-15)32-8-10-33(11-9-32)21(35)12-16-4-5-19(37-16)17-2-1-7-34(17)18-14-30-31-23(36)22(18)24(26,27)28/h3,6,13-14,16-17,19H,1-2,4-5,7-12H2,(H,31,36)/t16-,17-,19-/m0/s1. The molecule has 3 saturated heterocycles. The lowest BCUT2D eigenvalue weighted by molar-refractivity contribution is -0.138. The van der Waals surface area contributed by atoms with Gasteiger partial charge in [0.15, 0.2) is 0 Å². The van der Waals surface area contributed by atoms with Crippen molar-refractivity contribution in [3.8, 4) is 0 Å². The third kappa shape index (κ3) is 5.54. The molecule has 2 aromatic heterocycles. The second kappa shape index (κ2) is 10.5. The summed E-state index contributed by atoms with van der Waals surface area (Å²) < 4.78 is 47.1. The number of carbonyl (C=O) groups is 1. The van der Waals surface area contributed by atoms with Gasteiger partial charge >= 0.3 is 6.18 Å². The van der Waals surface area contributed by atoms with E-state index in [0.717, 1.165) is 12.0 Å². The van der Waals surface area contributed by atoms with Gasteiger partial charge in [0.1, 0.15) is 11.4 Å². The number of piperazine rings is 1. The third-order valence-electron chi connectivity index (χ3n) is 7.37. The molecule has 3 atom stereocenters. The third-order valence-corrected chi connectivity index (χ3v) is 7.59. The molecular weight excluding hydrogens is 513 g/mol. The number of hydrogen-bond donors (Lipinski definition) is 1. The van der Waals surface area contributed by atoms with E-state index in [1.54, 1.807) is 17.2 Å². The lowest BCUT2D eigenvalue weighted by Crippen LogP contribution is -2.49. The fourth-order valence-corrected chi connectivity index (χ4v) is 5.70. The number of aromatic nitrogens is 3. The predicted molar refractivity (Wildman–Crippen MR) is 131 cm³/mol. The van der Waals surface area contributed by atoms with Crippen molar-refractivity contribution in [3.05, 3.63) is 45.5 Å². The Kier molecular flexibility index (Phi) is 7.30. The van der Waals surface area contributed by atoms with Crippen molar-refractivity contribution in [1.82, 2.24) is 20.1 Å². The second-order valence-corrected chi connectivity index (χ2v) is 10.1. The molecule has 0 bridgehead atoms. The van der Waals surface area contributed by atoms with E-state index in [9.17, 15) is 22.8 Å². The highest BCUT2D eigenvalue weighted by Crippen LogP contribution is 2.39. The van der Waals surface area contributed by atoms with Gasteiger partial charge in [0, 0.05) is 38.9 Å². The number of amides is 1. The number of nitrogens with zero attached hydrogens (tertiary/aromatic N) is 5. The van der Waals surface area contributed by atoms with E-state index in [4.69, 9.17) is 16.3 Å². The van der Waals surface area contributed by atoms with Gasteiger partial charge in [-0.15, -0.1) is 0 Å². The maximum atomic E-state index is 13.6. The fraction of sp³-hybridized carbons (Fsp3) is 0.583. The molecule has 2 aromatic rings. The average molecular weight is 541 g/mol. The number of anilines is 2. The van der Waals surface area contributed by atoms with Gasteiger partial charge in [-0.3, -0.25) is 9.59 Å². The molecule has 0 unspecified atom stereocenters. The van der Waals surface area contributed by atoms with Crippen molar-refractivity contribution in [2.45, 2.75) is 56.5 Å². The number of nitrogens with one attached hydrogen (secondary N) is 1. The van der Waals surface area contributed by atoms with Crippen LogP contribution in [0.2, 0.25) is 5.02 Å². The summed E-state index contributed by atoms with van der Waals surface area (Å²) in [6, 6.07) is 3.34. The molecule has 9 nitrogen and oxygen atoms in total. The number of rotatable bonds is 5. The Labute approximate surface area is 216 Å². The van der Waals surface area contributed by atoms with E-state index in [-0.39, 0.29) is 36.3 Å². The van der Waals surface area contributed by atoms with Gasteiger partial charge in [-0.25, -0.2) is 10.1 Å². The zero-order valence-corrected chi connectivity index (χ0v) is 20.8. The van der Waals surface area contributed by atoms with E-state index in [2.05, 4.69) is 15.0 Å². The van der Waals surface area contributed by atoms with Crippen LogP contribution in [0.4, 0.5) is 24.7 Å². The summed E-state index contributed by atoms with van der Waals surface area (Å²) in [5.41, 5.74) is -2.69. The Hall–Kier alpha value is -2.86. The number of aromatic amines is 1. The molecule has 5 rings (SSSR count). The Morgan fingerprint density at radius 3 is 2.59 bits per heavy atom. The summed E-state index contributed by atoms with van der Waals surface area (Å²) in [7, 11) is 0.